The van der Waals surface area contributed by atoms with E-state index in [2.05, 4.69) is 12.5 Å². The van der Waals surface area contributed by atoms with Crippen LogP contribution in [0.2, 0.25) is 0 Å². The van der Waals surface area contributed by atoms with Crippen molar-refractivity contribution in [2.24, 2.45) is 0 Å². The largest absolute Gasteiger partial charge is 0.438 e. The molecule has 1 aromatic rings. The van der Waals surface area contributed by atoms with Gasteiger partial charge in [-0.05, 0) is 31.4 Å². The Kier molecular flexibility index (Phi) is 3.44. The summed E-state index contributed by atoms with van der Waals surface area (Å²) in [5.74, 6) is 1.69. The second kappa shape index (κ2) is 4.89. The standard InChI is InChI=1S/C16H15FO2/c1-4-16(19-15(18)11(2)3)10-6-7-12-13(16)8-5-9-14(12)17/h1,5,8-9H,2,6-7,10H2,3H3. The Hall–Kier alpha value is -2.08. The minimum absolute atomic E-state index is 0.276. The van der Waals surface area contributed by atoms with Crippen LogP contribution in [0, 0.1) is 18.2 Å². The summed E-state index contributed by atoms with van der Waals surface area (Å²) in [6.45, 7) is 5.10. The van der Waals surface area contributed by atoms with Gasteiger partial charge in [0.1, 0.15) is 5.82 Å². The molecule has 98 valence electrons. The van der Waals surface area contributed by atoms with Crippen molar-refractivity contribution in [3.05, 3.63) is 47.3 Å². The highest BCUT2D eigenvalue weighted by molar-refractivity contribution is 5.87. The molecule has 1 aliphatic carbocycles. The van der Waals surface area contributed by atoms with Crippen LogP contribution in [-0.4, -0.2) is 5.97 Å². The van der Waals surface area contributed by atoms with Crippen LogP contribution in [-0.2, 0) is 21.6 Å². The SMILES string of the molecule is C#CC1(OC(=O)C(=C)C)CCCc2c(F)cccc21. The lowest BCUT2D eigenvalue weighted by molar-refractivity contribution is -0.151. The Morgan fingerprint density at radius 3 is 2.95 bits per heavy atom. The van der Waals surface area contributed by atoms with Crippen LogP contribution in [0.1, 0.15) is 30.9 Å². The van der Waals surface area contributed by atoms with Crippen molar-refractivity contribution >= 4 is 5.97 Å². The number of carbonyl (C=O) groups is 1. The van der Waals surface area contributed by atoms with E-state index in [4.69, 9.17) is 11.2 Å². The highest BCUT2D eigenvalue weighted by atomic mass is 19.1. The van der Waals surface area contributed by atoms with Crippen molar-refractivity contribution in [3.63, 3.8) is 0 Å². The van der Waals surface area contributed by atoms with Gasteiger partial charge in [0.25, 0.3) is 0 Å². The van der Waals surface area contributed by atoms with Crippen LogP contribution < -0.4 is 0 Å². The molecule has 3 heteroatoms. The van der Waals surface area contributed by atoms with Crippen molar-refractivity contribution in [3.8, 4) is 12.3 Å². The smallest absolute Gasteiger partial charge is 0.334 e. The molecule has 0 amide bonds. The molecular weight excluding hydrogens is 243 g/mol. The van der Waals surface area contributed by atoms with Crippen molar-refractivity contribution < 1.29 is 13.9 Å². The van der Waals surface area contributed by atoms with Crippen LogP contribution in [0.5, 0.6) is 0 Å². The highest BCUT2D eigenvalue weighted by Gasteiger charge is 2.39. The molecule has 19 heavy (non-hydrogen) atoms. The van der Waals surface area contributed by atoms with Gasteiger partial charge in [0, 0.05) is 17.6 Å². The molecule has 0 saturated heterocycles. The van der Waals surface area contributed by atoms with Gasteiger partial charge in [-0.1, -0.05) is 24.6 Å². The van der Waals surface area contributed by atoms with Crippen molar-refractivity contribution in [1.82, 2.24) is 0 Å². The summed E-state index contributed by atoms with van der Waals surface area (Å²) in [4.78, 5) is 11.8. The normalized spacial score (nSPS) is 21.1. The number of ether oxygens (including phenoxy) is 1. The highest BCUT2D eigenvalue weighted by Crippen LogP contribution is 2.39. The fraction of sp³-hybridized carbons (Fsp3) is 0.312. The fourth-order valence-electron chi connectivity index (χ4n) is 2.37. The average Bonchev–Trinajstić information content (AvgIpc) is 2.39. The zero-order chi connectivity index (χ0) is 14.0. The van der Waals surface area contributed by atoms with E-state index < -0.39 is 11.6 Å². The van der Waals surface area contributed by atoms with E-state index in [1.54, 1.807) is 19.1 Å². The lowest BCUT2D eigenvalue weighted by Crippen LogP contribution is -2.35. The molecule has 0 aromatic heterocycles. The van der Waals surface area contributed by atoms with Crippen molar-refractivity contribution in [2.75, 3.05) is 0 Å². The second-order valence-corrected chi connectivity index (χ2v) is 4.76. The van der Waals surface area contributed by atoms with Crippen LogP contribution in [0.15, 0.2) is 30.4 Å². The maximum atomic E-state index is 13.8. The third kappa shape index (κ3) is 2.26. The van der Waals surface area contributed by atoms with Gasteiger partial charge >= 0.3 is 5.97 Å². The molecular formula is C16H15FO2. The molecule has 1 atom stereocenters. The van der Waals surface area contributed by atoms with E-state index in [1.165, 1.54) is 6.07 Å². The van der Waals surface area contributed by atoms with Gasteiger partial charge in [-0.3, -0.25) is 0 Å². The van der Waals surface area contributed by atoms with Crippen LogP contribution in [0.4, 0.5) is 4.39 Å². The summed E-state index contributed by atoms with van der Waals surface area (Å²) in [7, 11) is 0. The molecule has 1 unspecified atom stereocenters. The van der Waals surface area contributed by atoms with Crippen LogP contribution in [0.25, 0.3) is 0 Å². The molecule has 0 bridgehead atoms. The Morgan fingerprint density at radius 1 is 1.58 bits per heavy atom. The molecule has 1 aliphatic rings. The Morgan fingerprint density at radius 2 is 2.32 bits per heavy atom. The molecule has 0 saturated carbocycles. The van der Waals surface area contributed by atoms with Crippen molar-refractivity contribution in [1.29, 1.82) is 0 Å². The molecule has 1 aromatic carbocycles. The third-order valence-corrected chi connectivity index (χ3v) is 3.36. The van der Waals surface area contributed by atoms with Crippen molar-refractivity contribution in [2.45, 2.75) is 31.8 Å². The van der Waals surface area contributed by atoms with Gasteiger partial charge in [0.15, 0.2) is 5.60 Å². The zero-order valence-electron chi connectivity index (χ0n) is 10.8. The number of hydrogen-bond donors (Lipinski definition) is 0. The van der Waals surface area contributed by atoms with E-state index >= 15 is 0 Å². The first-order valence-corrected chi connectivity index (χ1v) is 6.14. The van der Waals surface area contributed by atoms with E-state index in [1.807, 2.05) is 0 Å². The molecule has 2 rings (SSSR count). The molecule has 0 radical (unpaired) electrons. The number of esters is 1. The second-order valence-electron chi connectivity index (χ2n) is 4.76. The number of halogens is 1. The van der Waals surface area contributed by atoms with E-state index in [0.717, 1.165) is 0 Å². The Balaban J connectivity index is 2.50. The fourth-order valence-corrected chi connectivity index (χ4v) is 2.37. The van der Waals surface area contributed by atoms with Crippen LogP contribution in [0.3, 0.4) is 0 Å². The average molecular weight is 258 g/mol. The Bertz CT molecular complexity index is 583. The lowest BCUT2D eigenvalue weighted by atomic mass is 9.79. The first-order chi connectivity index (χ1) is 9.00. The summed E-state index contributed by atoms with van der Waals surface area (Å²) in [6.07, 6.45) is 7.36. The number of benzene rings is 1. The number of carbonyl (C=O) groups excluding carboxylic acids is 1. The number of terminal acetylenes is 1. The summed E-state index contributed by atoms with van der Waals surface area (Å²) in [5.41, 5.74) is 0.223. The van der Waals surface area contributed by atoms with Gasteiger partial charge in [-0.15, -0.1) is 6.42 Å². The molecule has 0 aliphatic heterocycles. The van der Waals surface area contributed by atoms with E-state index in [-0.39, 0.29) is 11.4 Å². The number of hydrogen-bond acceptors (Lipinski definition) is 2. The van der Waals surface area contributed by atoms with Gasteiger partial charge in [0.2, 0.25) is 0 Å². The van der Waals surface area contributed by atoms with Gasteiger partial charge in [0.05, 0.1) is 0 Å². The topological polar surface area (TPSA) is 26.3 Å². The maximum absolute atomic E-state index is 13.8. The molecule has 0 spiro atoms. The predicted molar refractivity (Wildman–Crippen MR) is 70.8 cm³/mol. The zero-order valence-corrected chi connectivity index (χ0v) is 10.8. The molecule has 0 fully saturated rings. The Labute approximate surface area is 112 Å². The number of rotatable bonds is 2. The van der Waals surface area contributed by atoms with E-state index in [0.29, 0.717) is 30.4 Å². The quantitative estimate of drug-likeness (QED) is 0.463. The first-order valence-electron chi connectivity index (χ1n) is 6.14. The summed E-state index contributed by atoms with van der Waals surface area (Å²) in [6, 6.07) is 4.70. The van der Waals surface area contributed by atoms with Crippen LogP contribution >= 0.6 is 0 Å². The number of fused-ring (bicyclic) bond motifs is 1. The molecule has 0 N–H and O–H groups in total. The van der Waals surface area contributed by atoms with Gasteiger partial charge in [-0.25, -0.2) is 9.18 Å². The maximum Gasteiger partial charge on any atom is 0.334 e. The summed E-state index contributed by atoms with van der Waals surface area (Å²) < 4.78 is 19.3. The monoisotopic (exact) mass is 258 g/mol. The van der Waals surface area contributed by atoms with E-state index in [9.17, 15) is 9.18 Å². The summed E-state index contributed by atoms with van der Waals surface area (Å²) in [5, 5.41) is 0. The third-order valence-electron chi connectivity index (χ3n) is 3.36. The molecule has 2 nitrogen and oxygen atoms in total. The lowest BCUT2D eigenvalue weighted by Gasteiger charge is -2.34. The first kappa shape index (κ1) is 13.4. The van der Waals surface area contributed by atoms with Gasteiger partial charge < -0.3 is 4.74 Å². The van der Waals surface area contributed by atoms with Gasteiger partial charge in [-0.2, -0.15) is 0 Å². The molecule has 0 heterocycles. The minimum atomic E-state index is -1.17. The minimum Gasteiger partial charge on any atom is -0.438 e. The predicted octanol–water partition coefficient (Wildman–Crippen LogP) is 3.11. The summed E-state index contributed by atoms with van der Waals surface area (Å²) >= 11 is 0.